The van der Waals surface area contributed by atoms with Crippen molar-refractivity contribution in [2.45, 2.75) is 12.5 Å². The summed E-state index contributed by atoms with van der Waals surface area (Å²) < 4.78 is 4.46. The molecule has 0 radical (unpaired) electrons. The lowest BCUT2D eigenvalue weighted by Crippen LogP contribution is -2.46. The number of esters is 1. The van der Waals surface area contributed by atoms with E-state index in [4.69, 9.17) is 0 Å². The van der Waals surface area contributed by atoms with E-state index in [-0.39, 0.29) is 6.54 Å². The normalized spacial score (nSPS) is 14.3. The monoisotopic (exact) mass is 233 g/mol. The van der Waals surface area contributed by atoms with E-state index in [0.717, 1.165) is 18.1 Å². The van der Waals surface area contributed by atoms with E-state index in [9.17, 15) is 9.90 Å². The standard InChI is InChI=1S/C10H19NO3S/c1-4-6-15-7-5-11-8-10(2,13)9(12)14-3/h4,11,13H,1,5-8H2,2-3H3. The third-order valence-corrected chi connectivity index (χ3v) is 2.72. The summed E-state index contributed by atoms with van der Waals surface area (Å²) in [5.74, 6) is 1.21. The molecule has 1 atom stereocenters. The Morgan fingerprint density at radius 1 is 1.73 bits per heavy atom. The van der Waals surface area contributed by atoms with Crippen LogP contribution in [-0.4, -0.2) is 48.4 Å². The summed E-state index contributed by atoms with van der Waals surface area (Å²) in [6.07, 6.45) is 1.84. The first-order chi connectivity index (χ1) is 7.04. The summed E-state index contributed by atoms with van der Waals surface area (Å²) >= 11 is 1.74. The van der Waals surface area contributed by atoms with E-state index >= 15 is 0 Å². The van der Waals surface area contributed by atoms with E-state index in [1.165, 1.54) is 14.0 Å². The van der Waals surface area contributed by atoms with Crippen LogP contribution in [0.3, 0.4) is 0 Å². The minimum Gasteiger partial charge on any atom is -0.467 e. The van der Waals surface area contributed by atoms with E-state index in [1.807, 2.05) is 6.08 Å². The first-order valence-corrected chi connectivity index (χ1v) is 5.90. The van der Waals surface area contributed by atoms with Gasteiger partial charge in [0, 0.05) is 24.6 Å². The average molecular weight is 233 g/mol. The van der Waals surface area contributed by atoms with Gasteiger partial charge in [0.15, 0.2) is 5.60 Å². The Hall–Kier alpha value is -0.520. The lowest BCUT2D eigenvalue weighted by molar-refractivity contribution is -0.159. The Kier molecular flexibility index (Phi) is 7.46. The maximum absolute atomic E-state index is 11.1. The molecule has 2 N–H and O–H groups in total. The first kappa shape index (κ1) is 14.5. The Morgan fingerprint density at radius 3 is 2.93 bits per heavy atom. The number of methoxy groups -OCH3 is 1. The number of carbonyl (C=O) groups is 1. The van der Waals surface area contributed by atoms with Crippen LogP contribution in [0.15, 0.2) is 12.7 Å². The number of hydrogen-bond acceptors (Lipinski definition) is 5. The van der Waals surface area contributed by atoms with Crippen LogP contribution < -0.4 is 5.32 Å². The van der Waals surface area contributed by atoms with Gasteiger partial charge in [-0.15, -0.1) is 6.58 Å². The minimum absolute atomic E-state index is 0.203. The van der Waals surface area contributed by atoms with Crippen molar-refractivity contribution < 1.29 is 14.6 Å². The molecule has 5 heteroatoms. The molecule has 0 heterocycles. The maximum atomic E-state index is 11.1. The molecule has 0 rings (SSSR count). The molecule has 0 aromatic rings. The highest BCUT2D eigenvalue weighted by Gasteiger charge is 2.30. The Labute approximate surface area is 95.1 Å². The van der Waals surface area contributed by atoms with Gasteiger partial charge in [0.05, 0.1) is 7.11 Å². The molecule has 1 unspecified atom stereocenters. The third-order valence-electron chi connectivity index (χ3n) is 1.75. The molecule has 0 amide bonds. The van der Waals surface area contributed by atoms with Gasteiger partial charge in [-0.1, -0.05) is 6.08 Å². The van der Waals surface area contributed by atoms with Crippen molar-refractivity contribution in [3.8, 4) is 0 Å². The highest BCUT2D eigenvalue weighted by Crippen LogP contribution is 2.04. The molecular weight excluding hydrogens is 214 g/mol. The molecule has 0 aliphatic carbocycles. The zero-order chi connectivity index (χ0) is 11.7. The third kappa shape index (κ3) is 6.54. The summed E-state index contributed by atoms with van der Waals surface area (Å²) in [6, 6.07) is 0. The molecule has 4 nitrogen and oxygen atoms in total. The number of rotatable bonds is 8. The van der Waals surface area contributed by atoms with Gasteiger partial charge in [-0.05, 0) is 6.92 Å². The molecule has 0 aromatic carbocycles. The fraction of sp³-hybridized carbons (Fsp3) is 0.700. The summed E-state index contributed by atoms with van der Waals surface area (Å²) in [4.78, 5) is 11.1. The quantitative estimate of drug-likeness (QED) is 0.361. The van der Waals surface area contributed by atoms with Gasteiger partial charge in [-0.25, -0.2) is 4.79 Å². The Bertz CT molecular complexity index is 207. The van der Waals surface area contributed by atoms with Crippen molar-refractivity contribution in [3.63, 3.8) is 0 Å². The lowest BCUT2D eigenvalue weighted by Gasteiger charge is -2.20. The second-order valence-electron chi connectivity index (χ2n) is 3.31. The molecule has 0 aliphatic heterocycles. The van der Waals surface area contributed by atoms with E-state index in [2.05, 4.69) is 16.6 Å². The second kappa shape index (κ2) is 7.73. The molecule has 0 fully saturated rings. The maximum Gasteiger partial charge on any atom is 0.338 e. The van der Waals surface area contributed by atoms with Gasteiger partial charge in [0.2, 0.25) is 0 Å². The van der Waals surface area contributed by atoms with Crippen molar-refractivity contribution >= 4 is 17.7 Å². The summed E-state index contributed by atoms with van der Waals surface area (Å²) in [6.45, 7) is 5.99. The fourth-order valence-corrected chi connectivity index (χ4v) is 1.56. The summed E-state index contributed by atoms with van der Waals surface area (Å²) in [5, 5.41) is 12.6. The van der Waals surface area contributed by atoms with Crippen molar-refractivity contribution in [1.29, 1.82) is 0 Å². The highest BCUT2D eigenvalue weighted by atomic mass is 32.2. The molecule has 0 saturated carbocycles. The predicted molar refractivity (Wildman–Crippen MR) is 63.0 cm³/mol. The zero-order valence-electron chi connectivity index (χ0n) is 9.28. The average Bonchev–Trinajstić information content (AvgIpc) is 2.22. The van der Waals surface area contributed by atoms with Crippen molar-refractivity contribution in [1.82, 2.24) is 5.32 Å². The Balaban J connectivity index is 3.57. The van der Waals surface area contributed by atoms with Gasteiger partial charge >= 0.3 is 5.97 Å². The van der Waals surface area contributed by atoms with Crippen LogP contribution in [0, 0.1) is 0 Å². The van der Waals surface area contributed by atoms with Crippen LogP contribution in [0.2, 0.25) is 0 Å². The Morgan fingerprint density at radius 2 is 2.40 bits per heavy atom. The summed E-state index contributed by atoms with van der Waals surface area (Å²) in [5.41, 5.74) is -1.45. The predicted octanol–water partition coefficient (Wildman–Crippen LogP) is 0.419. The number of ether oxygens (including phenoxy) is 1. The zero-order valence-corrected chi connectivity index (χ0v) is 10.1. The SMILES string of the molecule is C=CCSCCNCC(C)(O)C(=O)OC. The number of nitrogens with one attached hydrogen (secondary N) is 1. The molecular formula is C10H19NO3S. The number of carbonyl (C=O) groups excluding carboxylic acids is 1. The molecule has 0 aliphatic rings. The number of hydrogen-bond donors (Lipinski definition) is 2. The van der Waals surface area contributed by atoms with Gasteiger partial charge in [-0.3, -0.25) is 0 Å². The molecule has 0 aromatic heterocycles. The van der Waals surface area contributed by atoms with Gasteiger partial charge < -0.3 is 15.2 Å². The molecule has 88 valence electrons. The fourth-order valence-electron chi connectivity index (χ4n) is 0.935. The molecule has 0 spiro atoms. The molecule has 0 bridgehead atoms. The van der Waals surface area contributed by atoms with Gasteiger partial charge in [-0.2, -0.15) is 11.8 Å². The smallest absolute Gasteiger partial charge is 0.338 e. The van der Waals surface area contributed by atoms with Crippen LogP contribution in [0.1, 0.15) is 6.92 Å². The van der Waals surface area contributed by atoms with E-state index in [1.54, 1.807) is 11.8 Å². The first-order valence-electron chi connectivity index (χ1n) is 4.74. The van der Waals surface area contributed by atoms with Crippen LogP contribution in [-0.2, 0) is 9.53 Å². The van der Waals surface area contributed by atoms with E-state index < -0.39 is 11.6 Å². The topological polar surface area (TPSA) is 58.6 Å². The van der Waals surface area contributed by atoms with Gasteiger partial charge in [0.25, 0.3) is 0 Å². The lowest BCUT2D eigenvalue weighted by atomic mass is 10.1. The minimum atomic E-state index is -1.45. The van der Waals surface area contributed by atoms with Crippen LogP contribution >= 0.6 is 11.8 Å². The number of thioether (sulfide) groups is 1. The largest absolute Gasteiger partial charge is 0.467 e. The van der Waals surface area contributed by atoms with Crippen LogP contribution in [0.4, 0.5) is 0 Å². The molecule has 15 heavy (non-hydrogen) atoms. The highest BCUT2D eigenvalue weighted by molar-refractivity contribution is 7.99. The van der Waals surface area contributed by atoms with E-state index in [0.29, 0.717) is 0 Å². The number of aliphatic hydroxyl groups is 1. The second-order valence-corrected chi connectivity index (χ2v) is 4.46. The van der Waals surface area contributed by atoms with Crippen molar-refractivity contribution in [2.24, 2.45) is 0 Å². The van der Waals surface area contributed by atoms with Crippen LogP contribution in [0.25, 0.3) is 0 Å². The van der Waals surface area contributed by atoms with Gasteiger partial charge in [0.1, 0.15) is 0 Å². The van der Waals surface area contributed by atoms with Crippen molar-refractivity contribution in [2.75, 3.05) is 31.7 Å². The summed E-state index contributed by atoms with van der Waals surface area (Å²) in [7, 11) is 1.26. The van der Waals surface area contributed by atoms with Crippen molar-refractivity contribution in [3.05, 3.63) is 12.7 Å². The molecule has 0 saturated heterocycles. The van der Waals surface area contributed by atoms with Crippen LogP contribution in [0.5, 0.6) is 0 Å².